The number of phenolic OH excluding ortho intramolecular Hbond substituents is 1. The largest absolute Gasteiger partial charge is 0.507 e. The Kier molecular flexibility index (Phi) is 9.97. The molecule has 1 rings (SSSR count). The third-order valence-electron chi connectivity index (χ3n) is 4.15. The van der Waals surface area contributed by atoms with Crippen molar-refractivity contribution in [1.82, 2.24) is 9.80 Å². The summed E-state index contributed by atoms with van der Waals surface area (Å²) in [6, 6.07) is 6.23. The average Bonchev–Trinajstić information content (AvgIpc) is 2.52. The molecule has 0 fully saturated rings. The molecule has 0 aliphatic heterocycles. The number of hydrogen-bond donors (Lipinski definition) is 1. The topological polar surface area (TPSA) is 26.7 Å². The molecule has 0 heterocycles. The van der Waals surface area contributed by atoms with Gasteiger partial charge in [-0.2, -0.15) is 0 Å². The molecule has 132 valence electrons. The van der Waals surface area contributed by atoms with Crippen molar-refractivity contribution in [3.8, 4) is 5.75 Å². The first-order chi connectivity index (χ1) is 11.2. The van der Waals surface area contributed by atoms with Crippen LogP contribution < -0.4 is 0 Å². The Morgan fingerprint density at radius 3 is 1.35 bits per heavy atom. The van der Waals surface area contributed by atoms with Crippen LogP contribution in [0.15, 0.2) is 18.2 Å². The van der Waals surface area contributed by atoms with Gasteiger partial charge in [-0.05, 0) is 51.9 Å². The third-order valence-corrected chi connectivity index (χ3v) is 4.15. The van der Waals surface area contributed by atoms with Gasteiger partial charge in [-0.25, -0.2) is 0 Å². The van der Waals surface area contributed by atoms with E-state index in [-0.39, 0.29) is 0 Å². The Morgan fingerprint density at radius 2 is 1.04 bits per heavy atom. The number of benzene rings is 1. The molecule has 0 bridgehead atoms. The summed E-state index contributed by atoms with van der Waals surface area (Å²) >= 11 is 0. The summed E-state index contributed by atoms with van der Waals surface area (Å²) in [6.45, 7) is 14.9. The lowest BCUT2D eigenvalue weighted by atomic mass is 10.1. The fourth-order valence-electron chi connectivity index (χ4n) is 3.19. The van der Waals surface area contributed by atoms with E-state index in [1.807, 2.05) is 0 Å². The second-order valence-electron chi connectivity index (χ2n) is 6.48. The highest BCUT2D eigenvalue weighted by Gasteiger charge is 2.13. The minimum Gasteiger partial charge on any atom is -0.507 e. The summed E-state index contributed by atoms with van der Waals surface area (Å²) in [5.41, 5.74) is 2.13. The molecule has 1 aromatic carbocycles. The highest BCUT2D eigenvalue weighted by Crippen LogP contribution is 2.25. The molecule has 0 atom stereocenters. The molecule has 23 heavy (non-hydrogen) atoms. The van der Waals surface area contributed by atoms with Crippen LogP contribution in [-0.2, 0) is 13.1 Å². The fraction of sp³-hybridized carbons (Fsp3) is 0.700. The first-order valence-electron chi connectivity index (χ1n) is 9.40. The molecule has 0 amide bonds. The van der Waals surface area contributed by atoms with Crippen LogP contribution in [0.25, 0.3) is 0 Å². The maximum absolute atomic E-state index is 10.7. The molecule has 3 heteroatoms. The lowest BCUT2D eigenvalue weighted by Gasteiger charge is -2.24. The van der Waals surface area contributed by atoms with E-state index in [9.17, 15) is 5.11 Å². The molecule has 0 unspecified atom stereocenters. The fourth-order valence-corrected chi connectivity index (χ4v) is 3.19. The smallest absolute Gasteiger partial charge is 0.124 e. The van der Waals surface area contributed by atoms with E-state index in [4.69, 9.17) is 0 Å². The van der Waals surface area contributed by atoms with E-state index in [1.165, 1.54) is 0 Å². The molecule has 0 aromatic heterocycles. The maximum atomic E-state index is 10.7. The van der Waals surface area contributed by atoms with Crippen LogP contribution >= 0.6 is 0 Å². The van der Waals surface area contributed by atoms with E-state index in [0.29, 0.717) is 5.75 Å². The van der Waals surface area contributed by atoms with E-state index >= 15 is 0 Å². The molecule has 0 aliphatic carbocycles. The number of phenols is 1. The molecule has 0 spiro atoms. The molecule has 3 nitrogen and oxygen atoms in total. The van der Waals surface area contributed by atoms with Gasteiger partial charge in [0, 0.05) is 24.2 Å². The minimum atomic E-state index is 0.502. The van der Waals surface area contributed by atoms with Crippen molar-refractivity contribution < 1.29 is 5.11 Å². The van der Waals surface area contributed by atoms with Gasteiger partial charge in [0.15, 0.2) is 0 Å². The van der Waals surface area contributed by atoms with Gasteiger partial charge in [0.05, 0.1) is 0 Å². The van der Waals surface area contributed by atoms with Crippen molar-refractivity contribution in [2.24, 2.45) is 0 Å². The Balaban J connectivity index is 2.83. The van der Waals surface area contributed by atoms with Crippen molar-refractivity contribution in [2.75, 3.05) is 26.2 Å². The zero-order valence-corrected chi connectivity index (χ0v) is 15.6. The van der Waals surface area contributed by atoms with E-state index in [1.54, 1.807) is 0 Å². The molecule has 0 radical (unpaired) electrons. The van der Waals surface area contributed by atoms with Crippen LogP contribution in [0.2, 0.25) is 0 Å². The highest BCUT2D eigenvalue weighted by molar-refractivity contribution is 5.40. The zero-order chi connectivity index (χ0) is 17.1. The van der Waals surface area contributed by atoms with Crippen LogP contribution in [0.1, 0.15) is 64.5 Å². The molecule has 1 aromatic rings. The van der Waals surface area contributed by atoms with Gasteiger partial charge in [-0.15, -0.1) is 0 Å². The number of nitrogens with zero attached hydrogens (tertiary/aromatic N) is 2. The summed E-state index contributed by atoms with van der Waals surface area (Å²) < 4.78 is 0. The van der Waals surface area contributed by atoms with Crippen molar-refractivity contribution >= 4 is 0 Å². The normalized spacial score (nSPS) is 11.6. The summed E-state index contributed by atoms with van der Waals surface area (Å²) in [5.74, 6) is 0.502. The predicted molar refractivity (Wildman–Crippen MR) is 99.8 cm³/mol. The van der Waals surface area contributed by atoms with E-state index in [0.717, 1.165) is 76.1 Å². The van der Waals surface area contributed by atoms with Crippen LogP contribution in [0.4, 0.5) is 0 Å². The Labute approximate surface area is 143 Å². The standard InChI is InChI=1S/C20H36N2O/c1-5-12-21(13-6-2)16-18-10-9-11-19(20(18)23)17-22(14-7-3)15-8-4/h9-11,23H,5-8,12-17H2,1-4H3. The molecular formula is C20H36N2O. The zero-order valence-electron chi connectivity index (χ0n) is 15.6. The van der Waals surface area contributed by atoms with Gasteiger partial charge in [0.25, 0.3) is 0 Å². The van der Waals surface area contributed by atoms with Gasteiger partial charge in [-0.1, -0.05) is 45.9 Å². The lowest BCUT2D eigenvalue weighted by Crippen LogP contribution is -2.26. The molecule has 0 saturated heterocycles. The first-order valence-corrected chi connectivity index (χ1v) is 9.40. The number of para-hydroxylation sites is 1. The van der Waals surface area contributed by atoms with Gasteiger partial charge < -0.3 is 5.11 Å². The summed E-state index contributed by atoms with van der Waals surface area (Å²) in [6.07, 6.45) is 4.62. The molecule has 1 N–H and O–H groups in total. The van der Waals surface area contributed by atoms with Gasteiger partial charge in [-0.3, -0.25) is 9.80 Å². The number of aromatic hydroxyl groups is 1. The Bertz CT molecular complexity index is 385. The summed E-state index contributed by atoms with van der Waals surface area (Å²) in [4.78, 5) is 4.88. The summed E-state index contributed by atoms with van der Waals surface area (Å²) in [5, 5.41) is 10.7. The van der Waals surface area contributed by atoms with Crippen molar-refractivity contribution in [3.63, 3.8) is 0 Å². The highest BCUT2D eigenvalue weighted by atomic mass is 16.3. The second kappa shape index (κ2) is 11.5. The SMILES string of the molecule is CCCN(CCC)Cc1cccc(CN(CCC)CCC)c1O. The van der Waals surface area contributed by atoms with Crippen molar-refractivity contribution in [2.45, 2.75) is 66.5 Å². The Morgan fingerprint density at radius 1 is 0.696 bits per heavy atom. The minimum absolute atomic E-state index is 0.502. The van der Waals surface area contributed by atoms with Crippen LogP contribution in [0.3, 0.4) is 0 Å². The second-order valence-corrected chi connectivity index (χ2v) is 6.48. The van der Waals surface area contributed by atoms with Crippen molar-refractivity contribution in [3.05, 3.63) is 29.3 Å². The first kappa shape index (κ1) is 20.0. The van der Waals surface area contributed by atoms with Crippen molar-refractivity contribution in [1.29, 1.82) is 0 Å². The van der Waals surface area contributed by atoms with E-state index < -0.39 is 0 Å². The monoisotopic (exact) mass is 320 g/mol. The van der Waals surface area contributed by atoms with Gasteiger partial charge >= 0.3 is 0 Å². The van der Waals surface area contributed by atoms with Gasteiger partial charge in [0.1, 0.15) is 5.75 Å². The molecule has 0 aliphatic rings. The van der Waals surface area contributed by atoms with Crippen LogP contribution in [0.5, 0.6) is 5.75 Å². The van der Waals surface area contributed by atoms with E-state index in [2.05, 4.69) is 55.7 Å². The lowest BCUT2D eigenvalue weighted by molar-refractivity contribution is 0.255. The molecular weight excluding hydrogens is 284 g/mol. The third kappa shape index (κ3) is 6.92. The van der Waals surface area contributed by atoms with Crippen LogP contribution in [0, 0.1) is 0 Å². The molecule has 0 saturated carbocycles. The number of rotatable bonds is 12. The summed E-state index contributed by atoms with van der Waals surface area (Å²) in [7, 11) is 0. The van der Waals surface area contributed by atoms with Crippen LogP contribution in [-0.4, -0.2) is 41.1 Å². The van der Waals surface area contributed by atoms with Gasteiger partial charge in [0.2, 0.25) is 0 Å². The average molecular weight is 321 g/mol. The maximum Gasteiger partial charge on any atom is 0.124 e. The predicted octanol–water partition coefficient (Wildman–Crippen LogP) is 4.64. The number of hydrogen-bond acceptors (Lipinski definition) is 3. The quantitative estimate of drug-likeness (QED) is 0.608. The Hall–Kier alpha value is -1.06.